The van der Waals surface area contributed by atoms with Crippen molar-refractivity contribution >= 4 is 34.8 Å². The van der Waals surface area contributed by atoms with Gasteiger partial charge in [-0.2, -0.15) is 9.78 Å². The quantitative estimate of drug-likeness (QED) is 0.384. The Bertz CT molecular complexity index is 1360. The van der Waals surface area contributed by atoms with E-state index in [1.165, 1.54) is 4.68 Å². The number of carbonyl (C=O) groups is 1. The van der Waals surface area contributed by atoms with Crippen LogP contribution in [0.25, 0.3) is 16.5 Å². The summed E-state index contributed by atoms with van der Waals surface area (Å²) in [7, 11) is 0. The predicted octanol–water partition coefficient (Wildman–Crippen LogP) is 4.93. The number of anilines is 1. The highest BCUT2D eigenvalue weighted by Crippen LogP contribution is 2.29. The standard InChI is InChI=1S/C24H23N5O2S2/c1-2-32-19-11-6-4-9-16(19)23(31)26-21-14-18(20-12-7-13-33-20)28-29(21)24-25-17-10-5-3-8-15(17)22(30)27-24/h4,6-7,9,11-14H,2-3,5,8,10H2,1H3,(H,26,31)(H,25,27,30). The zero-order valence-electron chi connectivity index (χ0n) is 18.1. The van der Waals surface area contributed by atoms with E-state index >= 15 is 0 Å². The van der Waals surface area contributed by atoms with Crippen LogP contribution < -0.4 is 10.9 Å². The summed E-state index contributed by atoms with van der Waals surface area (Å²) in [4.78, 5) is 35.5. The molecule has 1 amide bonds. The molecule has 0 radical (unpaired) electrons. The van der Waals surface area contributed by atoms with Crippen molar-refractivity contribution in [3.63, 3.8) is 0 Å². The maximum atomic E-state index is 13.2. The minimum absolute atomic E-state index is 0.134. The Morgan fingerprint density at radius 1 is 1.21 bits per heavy atom. The summed E-state index contributed by atoms with van der Waals surface area (Å²) in [6.45, 7) is 2.06. The Morgan fingerprint density at radius 3 is 2.88 bits per heavy atom. The molecule has 4 aromatic rings. The van der Waals surface area contributed by atoms with Crippen molar-refractivity contribution in [2.24, 2.45) is 0 Å². The number of hydrogen-bond acceptors (Lipinski definition) is 6. The first-order valence-corrected chi connectivity index (χ1v) is 12.8. The van der Waals surface area contributed by atoms with E-state index in [2.05, 4.69) is 17.2 Å². The maximum absolute atomic E-state index is 13.2. The molecule has 0 unspecified atom stereocenters. The molecular weight excluding hydrogens is 454 g/mol. The van der Waals surface area contributed by atoms with Gasteiger partial charge in [0, 0.05) is 16.5 Å². The van der Waals surface area contributed by atoms with Gasteiger partial charge in [0.2, 0.25) is 5.95 Å². The highest BCUT2D eigenvalue weighted by atomic mass is 32.2. The molecule has 2 N–H and O–H groups in total. The molecule has 1 aromatic carbocycles. The van der Waals surface area contributed by atoms with E-state index in [9.17, 15) is 9.59 Å². The van der Waals surface area contributed by atoms with E-state index in [1.807, 2.05) is 47.8 Å². The van der Waals surface area contributed by atoms with Gasteiger partial charge < -0.3 is 5.32 Å². The van der Waals surface area contributed by atoms with Crippen LogP contribution in [0.3, 0.4) is 0 Å². The first-order chi connectivity index (χ1) is 16.1. The van der Waals surface area contributed by atoms with E-state index in [1.54, 1.807) is 23.1 Å². The lowest BCUT2D eigenvalue weighted by Crippen LogP contribution is -2.24. The van der Waals surface area contributed by atoms with Crippen molar-refractivity contribution in [2.75, 3.05) is 11.1 Å². The van der Waals surface area contributed by atoms with Crippen LogP contribution in [-0.2, 0) is 12.8 Å². The third kappa shape index (κ3) is 4.38. The van der Waals surface area contributed by atoms with Crippen LogP contribution in [0.4, 0.5) is 5.82 Å². The minimum Gasteiger partial charge on any atom is -0.306 e. The number of hydrogen-bond donors (Lipinski definition) is 2. The summed E-state index contributed by atoms with van der Waals surface area (Å²) >= 11 is 3.18. The van der Waals surface area contributed by atoms with Gasteiger partial charge in [0.15, 0.2) is 0 Å². The molecule has 7 nitrogen and oxygen atoms in total. The second-order valence-corrected chi connectivity index (χ2v) is 9.96. The highest BCUT2D eigenvalue weighted by Gasteiger charge is 2.21. The fourth-order valence-electron chi connectivity index (χ4n) is 3.99. The summed E-state index contributed by atoms with van der Waals surface area (Å²) < 4.78 is 1.53. The number of rotatable bonds is 6. The van der Waals surface area contributed by atoms with Crippen molar-refractivity contribution in [1.29, 1.82) is 0 Å². The molecule has 0 bridgehead atoms. The Kier molecular flexibility index (Phi) is 6.15. The number of aromatic amines is 1. The van der Waals surface area contributed by atoms with E-state index in [0.29, 0.717) is 23.0 Å². The molecule has 5 rings (SSSR count). The molecule has 3 aromatic heterocycles. The van der Waals surface area contributed by atoms with Gasteiger partial charge in [0.05, 0.1) is 16.1 Å². The molecule has 9 heteroatoms. The molecule has 168 valence electrons. The van der Waals surface area contributed by atoms with Gasteiger partial charge in [-0.1, -0.05) is 25.1 Å². The summed E-state index contributed by atoms with van der Waals surface area (Å²) in [6, 6.07) is 13.3. The molecule has 0 aliphatic heterocycles. The molecule has 0 fully saturated rings. The number of amides is 1. The number of fused-ring (bicyclic) bond motifs is 1. The Labute approximate surface area is 199 Å². The first-order valence-electron chi connectivity index (χ1n) is 10.9. The summed E-state index contributed by atoms with van der Waals surface area (Å²) in [5.74, 6) is 1.41. The van der Waals surface area contributed by atoms with Crippen molar-refractivity contribution in [2.45, 2.75) is 37.5 Å². The predicted molar refractivity (Wildman–Crippen MR) is 133 cm³/mol. The second-order valence-electron chi connectivity index (χ2n) is 7.71. The Morgan fingerprint density at radius 2 is 2.06 bits per heavy atom. The fraction of sp³-hybridized carbons (Fsp3) is 0.250. The Balaban J connectivity index is 1.57. The van der Waals surface area contributed by atoms with Crippen LogP contribution in [0.2, 0.25) is 0 Å². The number of benzene rings is 1. The molecule has 0 saturated carbocycles. The third-order valence-corrected chi connectivity index (χ3v) is 7.38. The minimum atomic E-state index is -0.231. The monoisotopic (exact) mass is 477 g/mol. The zero-order chi connectivity index (χ0) is 22.8. The van der Waals surface area contributed by atoms with Crippen molar-refractivity contribution in [3.8, 4) is 16.5 Å². The van der Waals surface area contributed by atoms with Crippen molar-refractivity contribution < 1.29 is 4.79 Å². The number of nitrogens with zero attached hydrogens (tertiary/aromatic N) is 3. The van der Waals surface area contributed by atoms with Gasteiger partial charge in [-0.25, -0.2) is 4.98 Å². The van der Waals surface area contributed by atoms with Crippen LogP contribution in [0.5, 0.6) is 0 Å². The average Bonchev–Trinajstić information content (AvgIpc) is 3.50. The van der Waals surface area contributed by atoms with Gasteiger partial charge in [-0.3, -0.25) is 14.6 Å². The van der Waals surface area contributed by atoms with Crippen LogP contribution in [-0.4, -0.2) is 31.4 Å². The topological polar surface area (TPSA) is 92.7 Å². The van der Waals surface area contributed by atoms with Crippen molar-refractivity contribution in [3.05, 3.63) is 75.0 Å². The molecular formula is C24H23N5O2S2. The van der Waals surface area contributed by atoms with Gasteiger partial charge in [0.25, 0.3) is 11.5 Å². The van der Waals surface area contributed by atoms with Crippen molar-refractivity contribution in [1.82, 2.24) is 19.7 Å². The van der Waals surface area contributed by atoms with E-state index in [4.69, 9.17) is 10.1 Å². The Hall–Kier alpha value is -3.17. The molecule has 0 saturated heterocycles. The summed E-state index contributed by atoms with van der Waals surface area (Å²) in [5, 5.41) is 9.67. The fourth-order valence-corrected chi connectivity index (χ4v) is 5.47. The average molecular weight is 478 g/mol. The third-order valence-electron chi connectivity index (χ3n) is 5.54. The van der Waals surface area contributed by atoms with Crippen LogP contribution >= 0.6 is 23.1 Å². The number of thioether (sulfide) groups is 1. The van der Waals surface area contributed by atoms with Gasteiger partial charge >= 0.3 is 0 Å². The molecule has 0 spiro atoms. The SMILES string of the molecule is CCSc1ccccc1C(=O)Nc1cc(-c2cccs2)nn1-c1nc2c(c(=O)[nH]1)CCCC2. The van der Waals surface area contributed by atoms with Crippen LogP contribution in [0.1, 0.15) is 41.4 Å². The molecule has 1 aliphatic carbocycles. The van der Waals surface area contributed by atoms with Gasteiger partial charge in [0.1, 0.15) is 11.5 Å². The molecule has 0 atom stereocenters. The van der Waals surface area contributed by atoms with Crippen LogP contribution in [0.15, 0.2) is 57.5 Å². The largest absolute Gasteiger partial charge is 0.306 e. The van der Waals surface area contributed by atoms with E-state index < -0.39 is 0 Å². The number of nitrogens with one attached hydrogen (secondary N) is 2. The number of aryl methyl sites for hydroxylation is 1. The molecule has 1 aliphatic rings. The lowest BCUT2D eigenvalue weighted by Gasteiger charge is -2.15. The second kappa shape index (κ2) is 9.36. The lowest BCUT2D eigenvalue weighted by atomic mass is 9.97. The number of thiophene rings is 1. The molecule has 3 heterocycles. The van der Waals surface area contributed by atoms with E-state index in [-0.39, 0.29) is 11.5 Å². The smallest absolute Gasteiger partial charge is 0.257 e. The molecule has 33 heavy (non-hydrogen) atoms. The number of carbonyl (C=O) groups excluding carboxylic acids is 1. The summed E-state index contributed by atoms with van der Waals surface area (Å²) in [5.41, 5.74) is 2.74. The highest BCUT2D eigenvalue weighted by molar-refractivity contribution is 7.99. The van der Waals surface area contributed by atoms with E-state index in [0.717, 1.165) is 52.5 Å². The first kappa shape index (κ1) is 21.7. The van der Waals surface area contributed by atoms with Gasteiger partial charge in [-0.15, -0.1) is 23.1 Å². The lowest BCUT2D eigenvalue weighted by molar-refractivity contribution is 0.102. The number of H-pyrrole nitrogens is 1. The maximum Gasteiger partial charge on any atom is 0.257 e. The zero-order valence-corrected chi connectivity index (χ0v) is 19.8. The normalized spacial score (nSPS) is 13.0. The summed E-state index contributed by atoms with van der Waals surface area (Å²) in [6.07, 6.45) is 3.53. The van der Waals surface area contributed by atoms with Gasteiger partial charge in [-0.05, 0) is 55.0 Å². The number of aromatic nitrogens is 4. The van der Waals surface area contributed by atoms with Crippen LogP contribution in [0, 0.1) is 0 Å².